The van der Waals surface area contributed by atoms with Gasteiger partial charge in [0, 0.05) is 10.6 Å². The highest BCUT2D eigenvalue weighted by atomic mass is 35.5. The first-order valence-electron chi connectivity index (χ1n) is 6.77. The summed E-state index contributed by atoms with van der Waals surface area (Å²) in [7, 11) is -3.80. The molecule has 0 spiro atoms. The minimum Gasteiger partial charge on any atom is -0.481 e. The molecule has 2 rings (SSSR count). The quantitative estimate of drug-likeness (QED) is 0.869. The zero-order valence-corrected chi connectivity index (χ0v) is 13.3. The Morgan fingerprint density at radius 1 is 1.38 bits per heavy atom. The Balaban J connectivity index is 2.35. The van der Waals surface area contributed by atoms with Gasteiger partial charge in [-0.15, -0.1) is 0 Å². The number of aliphatic carboxylic acids is 1. The average molecular weight is 332 g/mol. The molecule has 0 heterocycles. The molecule has 1 aromatic carbocycles. The second-order valence-corrected chi connectivity index (χ2v) is 7.58. The number of hydrogen-bond donors (Lipinski definition) is 2. The molecule has 0 unspecified atom stereocenters. The first kappa shape index (κ1) is 16.3. The normalized spacial score (nSPS) is 17.8. The van der Waals surface area contributed by atoms with Crippen LogP contribution in [0.4, 0.5) is 0 Å². The number of sulfonamides is 1. The van der Waals surface area contributed by atoms with Gasteiger partial charge in [-0.25, -0.2) is 13.1 Å². The summed E-state index contributed by atoms with van der Waals surface area (Å²) in [6.45, 7) is 1.63. The third kappa shape index (κ3) is 3.56. The Labute approximate surface area is 129 Å². The van der Waals surface area contributed by atoms with E-state index in [0.29, 0.717) is 23.4 Å². The van der Waals surface area contributed by atoms with Gasteiger partial charge in [0.25, 0.3) is 0 Å². The number of benzene rings is 1. The zero-order valence-electron chi connectivity index (χ0n) is 11.7. The molecule has 21 heavy (non-hydrogen) atoms. The molecule has 1 aliphatic rings. The van der Waals surface area contributed by atoms with Gasteiger partial charge in [0.15, 0.2) is 0 Å². The van der Waals surface area contributed by atoms with Crippen LogP contribution in [-0.2, 0) is 14.8 Å². The molecule has 1 aromatic rings. The highest BCUT2D eigenvalue weighted by Gasteiger charge is 2.40. The molecule has 5 nitrogen and oxygen atoms in total. The topological polar surface area (TPSA) is 83.5 Å². The fourth-order valence-corrected chi connectivity index (χ4v) is 4.83. The fourth-order valence-electron chi connectivity index (χ4n) is 2.87. The molecule has 0 amide bonds. The van der Waals surface area contributed by atoms with Crippen LogP contribution in [0.15, 0.2) is 23.1 Å². The van der Waals surface area contributed by atoms with E-state index in [2.05, 4.69) is 4.72 Å². The van der Waals surface area contributed by atoms with Gasteiger partial charge in [0.1, 0.15) is 0 Å². The summed E-state index contributed by atoms with van der Waals surface area (Å²) in [4.78, 5) is 11.2. The van der Waals surface area contributed by atoms with Crippen molar-refractivity contribution in [1.29, 1.82) is 0 Å². The molecule has 0 aromatic heterocycles. The Bertz CT molecular complexity index is 651. The molecule has 1 aliphatic carbocycles. The summed E-state index contributed by atoms with van der Waals surface area (Å²) in [5, 5.41) is 9.42. The second kappa shape index (κ2) is 5.94. The summed E-state index contributed by atoms with van der Waals surface area (Å²) in [5.41, 5.74) is -0.422. The first-order valence-corrected chi connectivity index (χ1v) is 8.63. The molecule has 0 radical (unpaired) electrons. The van der Waals surface area contributed by atoms with Gasteiger partial charge in [-0.2, -0.15) is 0 Å². The van der Waals surface area contributed by atoms with Crippen LogP contribution in [0.5, 0.6) is 0 Å². The van der Waals surface area contributed by atoms with Crippen molar-refractivity contribution in [3.63, 3.8) is 0 Å². The van der Waals surface area contributed by atoms with Crippen LogP contribution >= 0.6 is 11.6 Å². The molecule has 1 saturated carbocycles. The highest BCUT2D eigenvalue weighted by Crippen LogP contribution is 2.35. The van der Waals surface area contributed by atoms with Crippen LogP contribution in [-0.4, -0.2) is 25.0 Å². The van der Waals surface area contributed by atoms with Crippen LogP contribution in [0, 0.1) is 6.92 Å². The van der Waals surface area contributed by atoms with E-state index in [1.807, 2.05) is 0 Å². The molecule has 1 fully saturated rings. The monoisotopic (exact) mass is 331 g/mol. The zero-order chi connectivity index (χ0) is 15.7. The van der Waals surface area contributed by atoms with E-state index in [0.717, 1.165) is 12.8 Å². The molecular formula is C14H18ClNO4S. The van der Waals surface area contributed by atoms with E-state index in [1.54, 1.807) is 19.1 Å². The number of hydrogen-bond acceptors (Lipinski definition) is 3. The van der Waals surface area contributed by atoms with Gasteiger partial charge in [0.05, 0.1) is 11.3 Å². The van der Waals surface area contributed by atoms with Crippen molar-refractivity contribution in [3.8, 4) is 0 Å². The summed E-state index contributed by atoms with van der Waals surface area (Å²) < 4.78 is 27.8. The molecular weight excluding hydrogens is 314 g/mol. The summed E-state index contributed by atoms with van der Waals surface area (Å²) in [5.74, 6) is -0.998. The van der Waals surface area contributed by atoms with Gasteiger partial charge in [0.2, 0.25) is 10.0 Å². The van der Waals surface area contributed by atoms with Crippen LogP contribution in [0.25, 0.3) is 0 Å². The van der Waals surface area contributed by atoms with E-state index in [4.69, 9.17) is 16.7 Å². The van der Waals surface area contributed by atoms with Crippen molar-refractivity contribution in [2.24, 2.45) is 0 Å². The van der Waals surface area contributed by atoms with E-state index in [1.165, 1.54) is 6.07 Å². The Kier molecular flexibility index (Phi) is 4.60. The average Bonchev–Trinajstić information content (AvgIpc) is 2.78. The second-order valence-electron chi connectivity index (χ2n) is 5.53. The van der Waals surface area contributed by atoms with Crippen molar-refractivity contribution in [3.05, 3.63) is 28.8 Å². The standard InChI is InChI=1S/C14H18ClNO4S/c1-10-11(15)5-4-6-12(10)21(19,20)16-14(9-13(17)18)7-2-3-8-14/h4-6,16H,2-3,7-9H2,1H3,(H,17,18). The van der Waals surface area contributed by atoms with Crippen LogP contribution in [0.2, 0.25) is 5.02 Å². The van der Waals surface area contributed by atoms with Gasteiger partial charge in [-0.3, -0.25) is 4.79 Å². The van der Waals surface area contributed by atoms with Crippen molar-refractivity contribution < 1.29 is 18.3 Å². The summed E-state index contributed by atoms with van der Waals surface area (Å²) in [6.07, 6.45) is 2.52. The number of nitrogens with one attached hydrogen (secondary N) is 1. The number of carbonyl (C=O) groups is 1. The van der Waals surface area contributed by atoms with Crippen LogP contribution in [0.1, 0.15) is 37.7 Å². The van der Waals surface area contributed by atoms with Crippen LogP contribution in [0.3, 0.4) is 0 Å². The molecule has 116 valence electrons. The van der Waals surface area contributed by atoms with E-state index in [-0.39, 0.29) is 11.3 Å². The van der Waals surface area contributed by atoms with Gasteiger partial charge in [-0.05, 0) is 37.5 Å². The predicted octanol–water partition coefficient (Wildman–Crippen LogP) is 2.71. The SMILES string of the molecule is Cc1c(Cl)cccc1S(=O)(=O)NC1(CC(=O)O)CCCC1. The molecule has 0 atom stereocenters. The molecule has 0 saturated heterocycles. The largest absolute Gasteiger partial charge is 0.481 e. The van der Waals surface area contributed by atoms with Crippen molar-refractivity contribution in [2.45, 2.75) is 49.5 Å². The lowest BCUT2D eigenvalue weighted by Crippen LogP contribution is -2.47. The van der Waals surface area contributed by atoms with E-state index >= 15 is 0 Å². The highest BCUT2D eigenvalue weighted by molar-refractivity contribution is 7.89. The van der Waals surface area contributed by atoms with Crippen molar-refractivity contribution in [1.82, 2.24) is 4.72 Å². The maximum atomic E-state index is 12.6. The fraction of sp³-hybridized carbons (Fsp3) is 0.500. The molecule has 7 heteroatoms. The van der Waals surface area contributed by atoms with Crippen molar-refractivity contribution >= 4 is 27.6 Å². The predicted molar refractivity (Wildman–Crippen MR) is 80.0 cm³/mol. The Hall–Kier alpha value is -1.11. The lowest BCUT2D eigenvalue weighted by molar-refractivity contribution is -0.138. The number of rotatable bonds is 5. The summed E-state index contributed by atoms with van der Waals surface area (Å²) >= 11 is 5.97. The van der Waals surface area contributed by atoms with Gasteiger partial charge >= 0.3 is 5.97 Å². The maximum Gasteiger partial charge on any atom is 0.305 e. The van der Waals surface area contributed by atoms with Gasteiger partial charge < -0.3 is 5.11 Å². The molecule has 2 N–H and O–H groups in total. The third-order valence-electron chi connectivity index (χ3n) is 3.91. The maximum absolute atomic E-state index is 12.6. The van der Waals surface area contributed by atoms with Gasteiger partial charge in [-0.1, -0.05) is 30.5 Å². The van der Waals surface area contributed by atoms with E-state index in [9.17, 15) is 13.2 Å². The van der Waals surface area contributed by atoms with E-state index < -0.39 is 21.5 Å². The number of halogens is 1. The number of carboxylic acid groups (broad SMARTS) is 1. The Morgan fingerprint density at radius 3 is 2.57 bits per heavy atom. The third-order valence-corrected chi connectivity index (χ3v) is 6.04. The van der Waals surface area contributed by atoms with Crippen molar-refractivity contribution in [2.75, 3.05) is 0 Å². The Morgan fingerprint density at radius 2 is 2.00 bits per heavy atom. The number of carboxylic acids is 1. The summed E-state index contributed by atoms with van der Waals surface area (Å²) in [6, 6.07) is 4.67. The molecule has 0 aliphatic heterocycles. The molecule has 0 bridgehead atoms. The lowest BCUT2D eigenvalue weighted by atomic mass is 9.95. The van der Waals surface area contributed by atoms with Crippen LogP contribution < -0.4 is 4.72 Å². The minimum absolute atomic E-state index is 0.103. The first-order chi connectivity index (χ1) is 9.76. The smallest absolute Gasteiger partial charge is 0.305 e. The lowest BCUT2D eigenvalue weighted by Gasteiger charge is -2.28. The minimum atomic E-state index is -3.80.